The fraction of sp³-hybridized carbons (Fsp3) is 0.594. The first-order valence-corrected chi connectivity index (χ1v) is 26.5. The number of quaternary nitrogens is 1. The molecule has 4 aromatic rings. The quantitative estimate of drug-likeness (QED) is 0.0656. The first kappa shape index (κ1) is 85.8. The fourth-order valence-electron chi connectivity index (χ4n) is 8.42. The normalized spacial score (nSPS) is 9.77. The van der Waals surface area contributed by atoms with Gasteiger partial charge in [-0.05, 0) is 227 Å². The molecule has 4 rings (SSSR count). The van der Waals surface area contributed by atoms with Gasteiger partial charge in [-0.2, -0.15) is 77.5 Å². The summed E-state index contributed by atoms with van der Waals surface area (Å²) in [6.07, 6.45) is 0. The predicted molar refractivity (Wildman–Crippen MR) is 345 cm³/mol. The van der Waals surface area contributed by atoms with Crippen LogP contribution in [-0.2, 0) is 52.4 Å². The van der Waals surface area contributed by atoms with Crippen molar-refractivity contribution in [1.82, 2.24) is 5.32 Å². The second-order valence-electron chi connectivity index (χ2n) is 19.8. The molecule has 0 heterocycles. The number of nitrogens with zero attached hydrogens (tertiary/aromatic N) is 7. The van der Waals surface area contributed by atoms with Crippen LogP contribution in [0.5, 0.6) is 0 Å². The average molecular weight is 1220 g/mol. The minimum Gasteiger partial charge on any atom is -0.680 e. The van der Waals surface area contributed by atoms with Gasteiger partial charge in [-0.1, -0.05) is 35.3 Å². The maximum atomic E-state index is 4.94. The third-order valence-corrected chi connectivity index (χ3v) is 14.6. The molecule has 0 saturated carbocycles. The Morgan fingerprint density at radius 1 is 0.299 bits per heavy atom. The Hall–Kier alpha value is -2.43. The van der Waals surface area contributed by atoms with Crippen LogP contribution < -0.4 is 20.9 Å². The van der Waals surface area contributed by atoms with E-state index in [-0.39, 0.29) is 59.8 Å². The molecular weight excluding hydrogens is 1110 g/mol. The van der Waals surface area contributed by atoms with Crippen molar-refractivity contribution in [3.8, 4) is 0 Å². The Labute approximate surface area is 516 Å². The molecule has 0 unspecified atom stereocenters. The average Bonchev–Trinajstić information content (AvgIpc) is 3.36. The van der Waals surface area contributed by atoms with Gasteiger partial charge in [0.15, 0.2) is 0 Å². The van der Waals surface area contributed by atoms with E-state index in [1.54, 1.807) is 70.5 Å². The van der Waals surface area contributed by atoms with Gasteiger partial charge in [0, 0.05) is 50.6 Å². The molecule has 4 aromatic carbocycles. The molecule has 13 heteroatoms. The van der Waals surface area contributed by atoms with Gasteiger partial charge in [0.2, 0.25) is 0 Å². The van der Waals surface area contributed by atoms with Crippen molar-refractivity contribution in [2.75, 3.05) is 133 Å². The summed E-state index contributed by atoms with van der Waals surface area (Å²) >= 11 is 0. The number of anilines is 2. The van der Waals surface area contributed by atoms with Crippen LogP contribution in [0, 0.1) is 153 Å². The Kier molecular flexibility index (Phi) is 52.7. The second-order valence-corrected chi connectivity index (χ2v) is 19.8. The van der Waals surface area contributed by atoms with E-state index in [1.807, 2.05) is 0 Å². The topological polar surface area (TPSA) is 139 Å². The monoisotopic (exact) mass is 1220 g/mol. The molecule has 77 heavy (non-hydrogen) atoms. The van der Waals surface area contributed by atoms with Crippen LogP contribution in [0.2, 0.25) is 0 Å². The van der Waals surface area contributed by atoms with E-state index in [2.05, 4.69) is 188 Å². The van der Waals surface area contributed by atoms with Crippen LogP contribution in [0.3, 0.4) is 0 Å². The standard InChI is InChI=1S/C27H41N3.C26H41N3.5C2H6N.CH3.2Zr/c1-16-18(3)22(7)26(23(8)19(16)4)28-12-14-30(11)15-13-29-27-24(9)20(5)17(2)21(6)25(27)10;1-15-17(3)21(7)25(22(8)18(15)4)28-13-11-27-12-14-29-26-23(9)19(5)16(2)20(6)24(26)10;5*1-3-2;;;/h30H,11-15H2,1-10H3;27-29H,11-14H2,1-10H3;5*1-2H3;1H3;;/q-2;;6*-1;2*+4. The van der Waals surface area contributed by atoms with E-state index in [0.717, 1.165) is 52.4 Å². The Morgan fingerprint density at radius 3 is 0.662 bits per heavy atom. The number of hydrogen-bond acceptors (Lipinski definition) is 3. The molecule has 11 nitrogen and oxygen atoms in total. The minimum absolute atomic E-state index is 0. The van der Waals surface area contributed by atoms with E-state index in [9.17, 15) is 0 Å². The zero-order valence-electron chi connectivity index (χ0n) is 55.5. The SMILES string of the molecule is C[N-]C.C[N-]C.C[N-]C.C[N-]C.C[N-]C.Cc1c(C)c(C)c(NCCNCCNc2c(C)c(C)c(C)c(C)c2C)c(C)c1C.[CH2-][NH+](CC[N-]c1c(C)c(C)c(C)c(C)c1C)CC[N-]c1c(C)c(C)c(C)c(C)c1C.[CH3-].[Zr+4].[Zr+4]. The van der Waals surface area contributed by atoms with Crippen LogP contribution >= 0.6 is 0 Å². The molecule has 0 spiro atoms. The summed E-state index contributed by atoms with van der Waals surface area (Å²) in [6.45, 7) is 51.5. The molecule has 0 amide bonds. The maximum absolute atomic E-state index is 4.94. The van der Waals surface area contributed by atoms with E-state index in [4.69, 9.17) is 10.6 Å². The van der Waals surface area contributed by atoms with Gasteiger partial charge in [-0.15, -0.1) is 11.4 Å². The molecule has 0 radical (unpaired) electrons. The molecule has 0 aliphatic heterocycles. The molecule has 0 atom stereocenters. The van der Waals surface area contributed by atoms with Crippen molar-refractivity contribution in [3.05, 3.63) is 163 Å². The van der Waals surface area contributed by atoms with Gasteiger partial charge < -0.3 is 65.5 Å². The Morgan fingerprint density at radius 2 is 0.468 bits per heavy atom. The van der Waals surface area contributed by atoms with Gasteiger partial charge in [-0.25, -0.2) is 0 Å². The second kappa shape index (κ2) is 47.2. The molecule has 4 N–H and O–H groups in total. The molecule has 0 aliphatic rings. The molecule has 434 valence electrons. The van der Waals surface area contributed by atoms with Gasteiger partial charge in [0.05, 0.1) is 0 Å². The maximum Gasteiger partial charge on any atom is 4.00 e. The number of hydrogen-bond donors (Lipinski definition) is 4. The summed E-state index contributed by atoms with van der Waals surface area (Å²) in [4.78, 5) is 1.23. The number of nitrogens with one attached hydrogen (secondary N) is 4. The third kappa shape index (κ3) is 28.2. The first-order chi connectivity index (χ1) is 34.6. The van der Waals surface area contributed by atoms with Crippen molar-refractivity contribution in [2.24, 2.45) is 0 Å². The van der Waals surface area contributed by atoms with Gasteiger partial charge in [-0.3, -0.25) is 0 Å². The van der Waals surface area contributed by atoms with Crippen LogP contribution in [0.15, 0.2) is 0 Å². The number of benzene rings is 4. The van der Waals surface area contributed by atoms with E-state index < -0.39 is 0 Å². The van der Waals surface area contributed by atoms with Crippen molar-refractivity contribution in [2.45, 2.75) is 138 Å². The molecule has 0 fully saturated rings. The van der Waals surface area contributed by atoms with E-state index in [1.165, 1.54) is 139 Å². The third-order valence-electron chi connectivity index (χ3n) is 14.6. The van der Waals surface area contributed by atoms with Crippen molar-refractivity contribution < 1.29 is 57.3 Å². The summed E-state index contributed by atoms with van der Waals surface area (Å²) in [5.41, 5.74) is 32.4. The molecule has 0 bridgehead atoms. The van der Waals surface area contributed by atoms with Crippen LogP contribution in [-0.4, -0.2) is 123 Å². The smallest absolute Gasteiger partial charge is 0.680 e. The summed E-state index contributed by atoms with van der Waals surface area (Å²) in [7, 11) is 21.8. The largest absolute Gasteiger partial charge is 4.00 e. The van der Waals surface area contributed by atoms with Crippen LogP contribution in [0.25, 0.3) is 37.2 Å². The fourth-order valence-corrected chi connectivity index (χ4v) is 8.42. The molecule has 0 aliphatic carbocycles. The van der Waals surface area contributed by atoms with E-state index >= 15 is 0 Å². The summed E-state index contributed by atoms with van der Waals surface area (Å²) in [5.74, 6) is 0. The molecular formula is C64H115N11Zr2. The Bertz CT molecular complexity index is 1960. The minimum atomic E-state index is 0. The van der Waals surface area contributed by atoms with Gasteiger partial charge >= 0.3 is 52.4 Å². The van der Waals surface area contributed by atoms with Crippen molar-refractivity contribution in [1.29, 1.82) is 0 Å². The van der Waals surface area contributed by atoms with Gasteiger partial charge in [0.25, 0.3) is 0 Å². The number of rotatable bonds is 16. The first-order valence-electron chi connectivity index (χ1n) is 26.5. The zero-order chi connectivity index (χ0) is 58.2. The summed E-state index contributed by atoms with van der Waals surface area (Å²) in [6, 6.07) is 0. The van der Waals surface area contributed by atoms with Crippen LogP contribution in [0.1, 0.15) is 111 Å². The molecule has 0 saturated heterocycles. The summed E-state index contributed by atoms with van der Waals surface area (Å²) < 4.78 is 0. The molecule has 0 aromatic heterocycles. The van der Waals surface area contributed by atoms with Crippen molar-refractivity contribution in [3.63, 3.8) is 0 Å². The van der Waals surface area contributed by atoms with E-state index in [0.29, 0.717) is 0 Å². The van der Waals surface area contributed by atoms with Crippen molar-refractivity contribution >= 4 is 22.7 Å². The predicted octanol–water partition coefficient (Wildman–Crippen LogP) is 15.6. The van der Waals surface area contributed by atoms with Crippen LogP contribution in [0.4, 0.5) is 22.7 Å². The zero-order valence-corrected chi connectivity index (χ0v) is 60.4. The Balaban J connectivity index is -0.000000252. The van der Waals surface area contributed by atoms with Gasteiger partial charge in [0.1, 0.15) is 0 Å². The summed E-state index contributed by atoms with van der Waals surface area (Å²) in [5, 5.41) is 38.3.